The van der Waals surface area contributed by atoms with Crippen LogP contribution >= 0.6 is 0 Å². The maximum Gasteiger partial charge on any atom is 0.348 e. The van der Waals surface area contributed by atoms with Gasteiger partial charge in [-0.15, -0.1) is 0 Å². The highest BCUT2D eigenvalue weighted by Gasteiger charge is 2.35. The number of amidine groups is 1. The summed E-state index contributed by atoms with van der Waals surface area (Å²) in [5.74, 6) is 0.145. The van der Waals surface area contributed by atoms with Gasteiger partial charge in [0.1, 0.15) is 12.7 Å². The van der Waals surface area contributed by atoms with Gasteiger partial charge in [-0.05, 0) is 0 Å². The molecule has 1 unspecified atom stereocenters. The lowest BCUT2D eigenvalue weighted by Crippen LogP contribution is -2.32. The third kappa shape index (κ3) is 1.28. The Balaban J connectivity index is 2.51. The van der Waals surface area contributed by atoms with Crippen molar-refractivity contribution < 1.29 is 12.3 Å². The molecule has 2 rings (SSSR count). The highest BCUT2D eigenvalue weighted by atomic mass is 32.3. The molecule has 0 aliphatic carbocycles. The molecule has 8 heteroatoms. The molecular formula is C5H3FN4O2S. The lowest BCUT2D eigenvalue weighted by Gasteiger charge is -2.09. The molecule has 0 aromatic carbocycles. The van der Waals surface area contributed by atoms with Gasteiger partial charge in [0.15, 0.2) is 16.9 Å². The SMILES string of the molecule is O=S(=O)(F)C1=NC=NC2=NC=NC21. The van der Waals surface area contributed by atoms with Gasteiger partial charge in [-0.25, -0.2) is 15.0 Å². The standard InChI is InChI=1S/C5H3FN4O2S/c6-13(11,12)5-3-4(8-1-7-3)9-2-10-5/h1-3H. The topological polar surface area (TPSA) is 83.6 Å². The maximum atomic E-state index is 12.6. The Morgan fingerprint density at radius 1 is 1.31 bits per heavy atom. The largest absolute Gasteiger partial charge is 0.348 e. The van der Waals surface area contributed by atoms with Crippen molar-refractivity contribution in [2.45, 2.75) is 6.04 Å². The van der Waals surface area contributed by atoms with E-state index in [4.69, 9.17) is 0 Å². The highest BCUT2D eigenvalue weighted by Crippen LogP contribution is 2.14. The summed E-state index contributed by atoms with van der Waals surface area (Å²) in [6.07, 6.45) is 2.07. The normalized spacial score (nSPS) is 25.5. The first-order chi connectivity index (χ1) is 6.09. The molecule has 0 spiro atoms. The molecule has 68 valence electrons. The van der Waals surface area contributed by atoms with Crippen LogP contribution in [0.5, 0.6) is 0 Å². The monoisotopic (exact) mass is 202 g/mol. The van der Waals surface area contributed by atoms with Crippen molar-refractivity contribution in [2.75, 3.05) is 0 Å². The van der Waals surface area contributed by atoms with Gasteiger partial charge in [-0.1, -0.05) is 3.89 Å². The molecule has 2 heterocycles. The lowest BCUT2D eigenvalue weighted by molar-refractivity contribution is 0.565. The number of nitrogens with zero attached hydrogens (tertiary/aromatic N) is 4. The smallest absolute Gasteiger partial charge is 0.255 e. The van der Waals surface area contributed by atoms with E-state index in [1.807, 2.05) is 0 Å². The Labute approximate surface area is 72.9 Å². The minimum atomic E-state index is -4.82. The van der Waals surface area contributed by atoms with Crippen LogP contribution in [0.25, 0.3) is 0 Å². The molecule has 2 aliphatic heterocycles. The summed E-state index contributed by atoms with van der Waals surface area (Å²) < 4.78 is 33.6. The van der Waals surface area contributed by atoms with Crippen LogP contribution in [0.15, 0.2) is 20.0 Å². The first kappa shape index (κ1) is 8.17. The Morgan fingerprint density at radius 3 is 2.77 bits per heavy atom. The molecule has 2 aliphatic rings. The van der Waals surface area contributed by atoms with Crippen molar-refractivity contribution in [3.05, 3.63) is 0 Å². The molecule has 13 heavy (non-hydrogen) atoms. The fourth-order valence-corrected chi connectivity index (χ4v) is 1.59. The Morgan fingerprint density at radius 2 is 2.08 bits per heavy atom. The predicted molar refractivity (Wildman–Crippen MR) is 45.7 cm³/mol. The van der Waals surface area contributed by atoms with E-state index in [9.17, 15) is 12.3 Å². The molecule has 0 amide bonds. The summed E-state index contributed by atoms with van der Waals surface area (Å²) in [5.41, 5.74) is 0. The van der Waals surface area contributed by atoms with Crippen LogP contribution in [-0.4, -0.2) is 38.0 Å². The number of halogens is 1. The van der Waals surface area contributed by atoms with E-state index in [1.165, 1.54) is 0 Å². The first-order valence-electron chi connectivity index (χ1n) is 3.23. The lowest BCUT2D eigenvalue weighted by atomic mass is 10.3. The van der Waals surface area contributed by atoms with E-state index >= 15 is 0 Å². The van der Waals surface area contributed by atoms with E-state index in [0.29, 0.717) is 0 Å². The molecule has 0 saturated heterocycles. The number of fused-ring (bicyclic) bond motifs is 1. The molecular weight excluding hydrogens is 199 g/mol. The molecule has 0 radical (unpaired) electrons. The second kappa shape index (κ2) is 2.52. The van der Waals surface area contributed by atoms with E-state index in [1.54, 1.807) is 0 Å². The van der Waals surface area contributed by atoms with Crippen LogP contribution in [0.3, 0.4) is 0 Å². The quantitative estimate of drug-likeness (QED) is 0.497. The van der Waals surface area contributed by atoms with Gasteiger partial charge in [-0.3, -0.25) is 4.99 Å². The van der Waals surface area contributed by atoms with Crippen molar-refractivity contribution in [1.29, 1.82) is 0 Å². The van der Waals surface area contributed by atoms with Gasteiger partial charge in [0.05, 0.1) is 0 Å². The summed E-state index contributed by atoms with van der Waals surface area (Å²) in [5, 5.41) is -0.657. The summed E-state index contributed by atoms with van der Waals surface area (Å²) in [7, 11) is -4.82. The van der Waals surface area contributed by atoms with Gasteiger partial charge in [0.25, 0.3) is 0 Å². The summed E-state index contributed by atoms with van der Waals surface area (Å²) >= 11 is 0. The average Bonchev–Trinajstić information content (AvgIpc) is 2.48. The Kier molecular flexibility index (Phi) is 1.59. The molecule has 0 N–H and O–H groups in total. The van der Waals surface area contributed by atoms with Crippen molar-refractivity contribution in [3.8, 4) is 0 Å². The van der Waals surface area contributed by atoms with Crippen molar-refractivity contribution in [3.63, 3.8) is 0 Å². The van der Waals surface area contributed by atoms with Crippen LogP contribution in [0.4, 0.5) is 3.89 Å². The highest BCUT2D eigenvalue weighted by molar-refractivity contribution is 8.02. The van der Waals surface area contributed by atoms with Gasteiger partial charge in [0, 0.05) is 0 Å². The second-order valence-corrected chi connectivity index (χ2v) is 3.60. The average molecular weight is 202 g/mol. The van der Waals surface area contributed by atoms with E-state index in [2.05, 4.69) is 20.0 Å². The number of hydrogen-bond acceptors (Lipinski definition) is 6. The third-order valence-electron chi connectivity index (χ3n) is 1.51. The molecule has 0 fully saturated rings. The van der Waals surface area contributed by atoms with Gasteiger partial charge < -0.3 is 0 Å². The van der Waals surface area contributed by atoms with Crippen molar-refractivity contribution in [1.82, 2.24) is 0 Å². The molecule has 0 aromatic heterocycles. The van der Waals surface area contributed by atoms with Gasteiger partial charge in [0.2, 0.25) is 0 Å². The number of rotatable bonds is 0. The fourth-order valence-electron chi connectivity index (χ4n) is 0.986. The second-order valence-electron chi connectivity index (χ2n) is 2.30. The molecule has 0 aromatic rings. The summed E-state index contributed by atoms with van der Waals surface area (Å²) in [6.45, 7) is 0. The van der Waals surface area contributed by atoms with Crippen LogP contribution in [-0.2, 0) is 10.2 Å². The summed E-state index contributed by atoms with van der Waals surface area (Å²) in [6, 6.07) is -1.00. The predicted octanol–water partition coefficient (Wildman–Crippen LogP) is -0.465. The zero-order valence-electron chi connectivity index (χ0n) is 6.12. The Bertz CT molecular complexity index is 461. The minimum absolute atomic E-state index is 0.145. The van der Waals surface area contributed by atoms with Crippen LogP contribution in [0.1, 0.15) is 0 Å². The zero-order valence-corrected chi connectivity index (χ0v) is 6.94. The first-order valence-corrected chi connectivity index (χ1v) is 4.61. The van der Waals surface area contributed by atoms with Crippen LogP contribution < -0.4 is 0 Å². The minimum Gasteiger partial charge on any atom is -0.255 e. The fraction of sp³-hybridized carbons (Fsp3) is 0.200. The summed E-state index contributed by atoms with van der Waals surface area (Å²) in [4.78, 5) is 14.2. The van der Waals surface area contributed by atoms with E-state index in [-0.39, 0.29) is 5.84 Å². The third-order valence-corrected chi connectivity index (χ3v) is 2.34. The number of hydrogen-bond donors (Lipinski definition) is 0. The van der Waals surface area contributed by atoms with E-state index in [0.717, 1.165) is 12.7 Å². The van der Waals surface area contributed by atoms with Crippen LogP contribution in [0, 0.1) is 0 Å². The van der Waals surface area contributed by atoms with Gasteiger partial charge >= 0.3 is 10.2 Å². The molecule has 0 saturated carbocycles. The van der Waals surface area contributed by atoms with Crippen LogP contribution in [0.2, 0.25) is 0 Å². The van der Waals surface area contributed by atoms with Crippen molar-refractivity contribution >= 4 is 33.8 Å². The van der Waals surface area contributed by atoms with Gasteiger partial charge in [-0.2, -0.15) is 8.42 Å². The molecule has 6 nitrogen and oxygen atoms in total. The number of aliphatic imine (C=N–C) groups is 4. The maximum absolute atomic E-state index is 12.6. The van der Waals surface area contributed by atoms with E-state index < -0.39 is 21.3 Å². The Hall–Kier alpha value is -1.44. The zero-order chi connectivity index (χ0) is 9.47. The van der Waals surface area contributed by atoms with Crippen molar-refractivity contribution in [2.24, 2.45) is 20.0 Å². The molecule has 1 atom stereocenters. The molecule has 0 bridgehead atoms.